The van der Waals surface area contributed by atoms with Crippen LogP contribution in [0.2, 0.25) is 0 Å². The Labute approximate surface area is 138 Å². The largest absolute Gasteiger partial charge is 0.455 e. The number of ketones is 1. The van der Waals surface area contributed by atoms with Crippen molar-refractivity contribution in [3.63, 3.8) is 0 Å². The number of imidazole rings is 1. The summed E-state index contributed by atoms with van der Waals surface area (Å²) < 4.78 is 7.46. The van der Waals surface area contributed by atoms with Crippen LogP contribution in [0.25, 0.3) is 0 Å². The summed E-state index contributed by atoms with van der Waals surface area (Å²) >= 11 is 0. The van der Waals surface area contributed by atoms with Crippen LogP contribution in [0.1, 0.15) is 47.2 Å². The zero-order valence-electron chi connectivity index (χ0n) is 15.3. The van der Waals surface area contributed by atoms with Gasteiger partial charge in [-0.2, -0.15) is 0 Å². The zero-order valence-corrected chi connectivity index (χ0v) is 15.3. The minimum absolute atomic E-state index is 0.0276. The maximum atomic E-state index is 12.6. The summed E-state index contributed by atoms with van der Waals surface area (Å²) in [5, 5.41) is 0. The van der Waals surface area contributed by atoms with Crippen LogP contribution >= 0.6 is 0 Å². The number of esters is 1. The molecule has 0 aliphatic rings. The van der Waals surface area contributed by atoms with Gasteiger partial charge in [-0.1, -0.05) is 20.8 Å². The molecule has 0 amide bonds. The lowest BCUT2D eigenvalue weighted by molar-refractivity contribution is -0.421. The van der Waals surface area contributed by atoms with Gasteiger partial charge in [-0.3, -0.25) is 9.59 Å². The molecule has 0 aliphatic carbocycles. The molecule has 0 radical (unpaired) electrons. The van der Waals surface area contributed by atoms with Gasteiger partial charge < -0.3 is 15.0 Å². The van der Waals surface area contributed by atoms with E-state index in [1.807, 2.05) is 38.6 Å². The molecular formula is C17H30N3O3+. The van der Waals surface area contributed by atoms with Gasteiger partial charge in [0.25, 0.3) is 0 Å². The molecule has 0 fully saturated rings. The van der Waals surface area contributed by atoms with Gasteiger partial charge >= 0.3 is 5.97 Å². The van der Waals surface area contributed by atoms with E-state index in [4.69, 9.17) is 4.74 Å². The molecular weight excluding hydrogens is 294 g/mol. The predicted molar refractivity (Wildman–Crippen MR) is 87.4 cm³/mol. The normalized spacial score (nSPS) is 15.1. The van der Waals surface area contributed by atoms with Crippen molar-refractivity contribution < 1.29 is 20.1 Å². The Balaban J connectivity index is 3.00. The molecule has 0 saturated heterocycles. The molecule has 130 valence electrons. The van der Waals surface area contributed by atoms with E-state index in [-0.39, 0.29) is 11.8 Å². The number of quaternary nitrogens is 1. The maximum absolute atomic E-state index is 12.6. The topological polar surface area (TPSA) is 88.8 Å². The predicted octanol–water partition coefficient (Wildman–Crippen LogP) is 1.15. The molecule has 0 bridgehead atoms. The summed E-state index contributed by atoms with van der Waals surface area (Å²) in [6.07, 6.45) is 3.29. The van der Waals surface area contributed by atoms with Crippen LogP contribution in [0.3, 0.4) is 0 Å². The van der Waals surface area contributed by atoms with Gasteiger partial charge in [0, 0.05) is 25.1 Å². The molecule has 0 saturated carbocycles. The SMILES string of the molecule is Cn1cnc(CC(OC(=O)C(C)(C)C)C([NH3+])C(=O)C(C)(C)C)c1. The third kappa shape index (κ3) is 5.46. The molecule has 2 atom stereocenters. The van der Waals surface area contributed by atoms with Crippen molar-refractivity contribution in [3.05, 3.63) is 18.2 Å². The second-order valence-electron chi connectivity index (χ2n) is 8.15. The average molecular weight is 324 g/mol. The molecule has 3 N–H and O–H groups in total. The second kappa shape index (κ2) is 6.83. The van der Waals surface area contributed by atoms with Gasteiger partial charge in [-0.05, 0) is 20.8 Å². The van der Waals surface area contributed by atoms with Crippen molar-refractivity contribution in [2.45, 2.75) is 60.1 Å². The number of rotatable bonds is 5. The molecule has 1 rings (SSSR count). The van der Waals surface area contributed by atoms with E-state index in [0.717, 1.165) is 5.69 Å². The second-order valence-corrected chi connectivity index (χ2v) is 8.15. The number of carbonyl (C=O) groups excluding carboxylic acids is 2. The summed E-state index contributed by atoms with van der Waals surface area (Å²) in [6.45, 7) is 10.9. The molecule has 6 heteroatoms. The van der Waals surface area contributed by atoms with Crippen molar-refractivity contribution in [1.29, 1.82) is 0 Å². The van der Waals surface area contributed by atoms with E-state index >= 15 is 0 Å². The summed E-state index contributed by atoms with van der Waals surface area (Å²) in [6, 6.07) is -0.636. The third-order valence-corrected chi connectivity index (χ3v) is 3.56. The maximum Gasteiger partial charge on any atom is 0.311 e. The molecule has 2 unspecified atom stereocenters. The molecule has 0 aliphatic heterocycles. The molecule has 1 aromatic rings. The van der Waals surface area contributed by atoms with Gasteiger partial charge in [0.05, 0.1) is 17.4 Å². The Morgan fingerprint density at radius 1 is 1.22 bits per heavy atom. The third-order valence-electron chi connectivity index (χ3n) is 3.56. The first-order chi connectivity index (χ1) is 10.3. The van der Waals surface area contributed by atoms with Crippen molar-refractivity contribution >= 4 is 11.8 Å². The highest BCUT2D eigenvalue weighted by Crippen LogP contribution is 2.22. The monoisotopic (exact) mass is 324 g/mol. The highest BCUT2D eigenvalue weighted by molar-refractivity contribution is 5.88. The van der Waals surface area contributed by atoms with Gasteiger partial charge in [0.2, 0.25) is 0 Å². The molecule has 6 nitrogen and oxygen atoms in total. The number of hydrogen-bond donors (Lipinski definition) is 1. The Morgan fingerprint density at radius 3 is 2.17 bits per heavy atom. The van der Waals surface area contributed by atoms with Crippen LogP contribution in [0.4, 0.5) is 0 Å². The number of aromatic nitrogens is 2. The summed E-state index contributed by atoms with van der Waals surface area (Å²) in [4.78, 5) is 29.1. The van der Waals surface area contributed by atoms with Crippen LogP contribution in [-0.4, -0.2) is 33.4 Å². The number of nitrogens with zero attached hydrogens (tertiary/aromatic N) is 2. The quantitative estimate of drug-likeness (QED) is 0.823. The minimum Gasteiger partial charge on any atom is -0.455 e. The Morgan fingerprint density at radius 2 is 1.78 bits per heavy atom. The fourth-order valence-corrected chi connectivity index (χ4v) is 2.08. The molecule has 1 aromatic heterocycles. The van der Waals surface area contributed by atoms with E-state index in [1.165, 1.54) is 0 Å². The minimum atomic E-state index is -0.636. The van der Waals surface area contributed by atoms with Crippen LogP contribution in [0, 0.1) is 10.8 Å². The van der Waals surface area contributed by atoms with Crippen molar-refractivity contribution in [3.8, 4) is 0 Å². The standard InChI is InChI=1S/C17H29N3O3/c1-16(2,3)14(21)13(18)12(23-15(22)17(4,5)6)8-11-9-20(7)10-19-11/h9-10,12-13H,8,18H2,1-7H3/p+1. The number of carbonyl (C=O) groups is 2. The first-order valence-corrected chi connectivity index (χ1v) is 7.87. The van der Waals surface area contributed by atoms with Gasteiger partial charge in [0.1, 0.15) is 0 Å². The smallest absolute Gasteiger partial charge is 0.311 e. The van der Waals surface area contributed by atoms with Crippen LogP contribution in [0.15, 0.2) is 12.5 Å². The van der Waals surface area contributed by atoms with Crippen molar-refractivity contribution in [2.24, 2.45) is 17.9 Å². The molecule has 23 heavy (non-hydrogen) atoms. The Bertz CT molecular complexity index is 564. The lowest BCUT2D eigenvalue weighted by Gasteiger charge is -2.27. The summed E-state index contributed by atoms with van der Waals surface area (Å²) in [7, 11) is 1.87. The average Bonchev–Trinajstić information content (AvgIpc) is 2.79. The zero-order chi connectivity index (χ0) is 18.0. The Hall–Kier alpha value is -1.69. The fraction of sp³-hybridized carbons (Fsp3) is 0.706. The lowest BCUT2D eigenvalue weighted by atomic mass is 9.84. The van der Waals surface area contributed by atoms with Crippen LogP contribution in [-0.2, 0) is 27.8 Å². The lowest BCUT2D eigenvalue weighted by Crippen LogP contribution is -2.73. The van der Waals surface area contributed by atoms with E-state index in [0.29, 0.717) is 6.42 Å². The van der Waals surface area contributed by atoms with E-state index < -0.39 is 23.0 Å². The Kier molecular flexibility index (Phi) is 5.74. The van der Waals surface area contributed by atoms with Gasteiger partial charge in [0.15, 0.2) is 17.9 Å². The number of aryl methyl sites for hydroxylation is 1. The van der Waals surface area contributed by atoms with E-state index in [9.17, 15) is 9.59 Å². The summed E-state index contributed by atoms with van der Waals surface area (Å²) in [5.41, 5.74) is 3.58. The van der Waals surface area contributed by atoms with Crippen molar-refractivity contribution in [2.75, 3.05) is 0 Å². The number of hydrogen-bond acceptors (Lipinski definition) is 4. The highest BCUT2D eigenvalue weighted by Gasteiger charge is 2.39. The molecule has 0 spiro atoms. The first kappa shape index (κ1) is 19.4. The molecule has 0 aromatic carbocycles. The molecule has 1 heterocycles. The number of ether oxygens (including phenoxy) is 1. The van der Waals surface area contributed by atoms with Gasteiger partial charge in [-0.25, -0.2) is 4.98 Å². The fourth-order valence-electron chi connectivity index (χ4n) is 2.08. The van der Waals surface area contributed by atoms with E-state index in [1.54, 1.807) is 27.1 Å². The van der Waals surface area contributed by atoms with Gasteiger partial charge in [-0.15, -0.1) is 0 Å². The van der Waals surface area contributed by atoms with Crippen LogP contribution in [0.5, 0.6) is 0 Å². The van der Waals surface area contributed by atoms with Crippen molar-refractivity contribution in [1.82, 2.24) is 9.55 Å². The van der Waals surface area contributed by atoms with Crippen LogP contribution < -0.4 is 5.73 Å². The number of Topliss-reactive ketones (excluding diaryl/α,β-unsaturated/α-hetero) is 1. The highest BCUT2D eigenvalue weighted by atomic mass is 16.5. The van der Waals surface area contributed by atoms with E-state index in [2.05, 4.69) is 10.7 Å². The summed E-state index contributed by atoms with van der Waals surface area (Å²) in [5.74, 6) is -0.367. The first-order valence-electron chi connectivity index (χ1n) is 7.87.